The smallest absolute Gasteiger partial charge is 0.394 e. The maximum atomic E-state index is 14.7. The molecule has 2 unspecified atom stereocenters. The van der Waals surface area contributed by atoms with Crippen molar-refractivity contribution in [3.8, 4) is 33.8 Å². The van der Waals surface area contributed by atoms with E-state index in [-0.39, 0.29) is 23.7 Å². The summed E-state index contributed by atoms with van der Waals surface area (Å²) >= 11 is 0. The molecule has 5 aromatic carbocycles. The standard InChI is InChI=1S/C50H59O4P/c1-27(2)35-23-39(29(5)6)45(40(24-35)30(7)8)43-21-33-17-13-15-19-37(33)47-48-38-20-16-14-18-34(38)22-44(50(48)54-55(51,52)53-49(43)47)46-41(31(9)10)25-36(28(3)4)26-42(46)32(11)12/h13-25,27-32,42H,26H2,1-12H3,(H,51,52). The highest BCUT2D eigenvalue weighted by atomic mass is 31.2. The van der Waals surface area contributed by atoms with Gasteiger partial charge in [-0.3, -0.25) is 4.89 Å². The zero-order valence-electron chi connectivity index (χ0n) is 34.9. The molecule has 0 amide bonds. The number of allylic oxidation sites excluding steroid dienone is 4. The predicted molar refractivity (Wildman–Crippen MR) is 233 cm³/mol. The van der Waals surface area contributed by atoms with Crippen LogP contribution in [0, 0.1) is 23.7 Å². The van der Waals surface area contributed by atoms with E-state index in [1.54, 1.807) is 0 Å². The lowest BCUT2D eigenvalue weighted by Crippen LogP contribution is -2.21. The molecule has 7 rings (SSSR count). The van der Waals surface area contributed by atoms with E-state index in [0.717, 1.165) is 55.8 Å². The van der Waals surface area contributed by atoms with Gasteiger partial charge in [-0.05, 0) is 115 Å². The molecule has 1 aliphatic heterocycles. The van der Waals surface area contributed by atoms with Gasteiger partial charge >= 0.3 is 7.82 Å². The lowest BCUT2D eigenvalue weighted by molar-refractivity contribution is 0.294. The fourth-order valence-corrected chi connectivity index (χ4v) is 9.83. The quantitative estimate of drug-likeness (QED) is 0.160. The highest BCUT2D eigenvalue weighted by Gasteiger charge is 2.40. The number of benzene rings is 5. The second kappa shape index (κ2) is 14.8. The molecule has 55 heavy (non-hydrogen) atoms. The number of rotatable bonds is 8. The third-order valence-corrected chi connectivity index (χ3v) is 12.8. The average molecular weight is 755 g/mol. The molecule has 1 aliphatic carbocycles. The van der Waals surface area contributed by atoms with Crippen molar-refractivity contribution in [1.82, 2.24) is 0 Å². The Morgan fingerprint density at radius 3 is 1.55 bits per heavy atom. The number of phosphoric acid groups is 1. The third-order valence-electron chi connectivity index (χ3n) is 12.0. The van der Waals surface area contributed by atoms with E-state index in [1.165, 1.54) is 33.4 Å². The van der Waals surface area contributed by atoms with Crippen LogP contribution in [0.25, 0.3) is 49.4 Å². The van der Waals surface area contributed by atoms with Crippen molar-refractivity contribution in [2.24, 2.45) is 23.7 Å². The Morgan fingerprint density at radius 1 is 0.600 bits per heavy atom. The van der Waals surface area contributed by atoms with Gasteiger partial charge in [0.1, 0.15) is 11.5 Å². The SMILES string of the molecule is CC(C)C1=CC(C(C)C)=C(c2cc3ccccc3c3c2OP(=O)(O)Oc2c(-c4c(C(C)C)cc(C(C)C)cc4C(C)C)cc4ccccc4c2-3)C(C(C)C)C1. The van der Waals surface area contributed by atoms with Crippen LogP contribution in [0.5, 0.6) is 11.5 Å². The van der Waals surface area contributed by atoms with Crippen LogP contribution in [0.15, 0.2) is 90.0 Å². The largest absolute Gasteiger partial charge is 0.584 e. The van der Waals surface area contributed by atoms with Gasteiger partial charge in [-0.25, -0.2) is 4.57 Å². The van der Waals surface area contributed by atoms with Gasteiger partial charge in [-0.15, -0.1) is 0 Å². The summed E-state index contributed by atoms with van der Waals surface area (Å²) in [6.07, 6.45) is 3.34. The molecule has 0 fully saturated rings. The molecule has 2 atom stereocenters. The Labute approximate surface area is 329 Å². The molecule has 0 saturated heterocycles. The van der Waals surface area contributed by atoms with Crippen LogP contribution in [0.2, 0.25) is 0 Å². The van der Waals surface area contributed by atoms with Crippen LogP contribution in [-0.2, 0) is 4.57 Å². The number of hydrogen-bond acceptors (Lipinski definition) is 3. The molecule has 4 nitrogen and oxygen atoms in total. The summed E-state index contributed by atoms with van der Waals surface area (Å²) in [6, 6.07) is 25.8. The molecule has 288 valence electrons. The van der Waals surface area contributed by atoms with Crippen LogP contribution >= 0.6 is 7.82 Å². The van der Waals surface area contributed by atoms with Crippen LogP contribution < -0.4 is 9.05 Å². The van der Waals surface area contributed by atoms with E-state index in [1.807, 2.05) is 12.1 Å². The summed E-state index contributed by atoms with van der Waals surface area (Å²) in [7, 11) is -4.73. The van der Waals surface area contributed by atoms with Gasteiger partial charge in [0.15, 0.2) is 0 Å². The van der Waals surface area contributed by atoms with Crippen molar-refractivity contribution < 1.29 is 18.5 Å². The second-order valence-electron chi connectivity index (χ2n) is 17.8. The minimum absolute atomic E-state index is 0.195. The highest BCUT2D eigenvalue weighted by molar-refractivity contribution is 7.48. The molecule has 1 heterocycles. The van der Waals surface area contributed by atoms with E-state index in [4.69, 9.17) is 9.05 Å². The Hall–Kier alpha value is -4.11. The minimum atomic E-state index is -4.73. The zero-order chi connectivity index (χ0) is 39.7. The van der Waals surface area contributed by atoms with Crippen molar-refractivity contribution in [1.29, 1.82) is 0 Å². The third kappa shape index (κ3) is 7.00. The van der Waals surface area contributed by atoms with Gasteiger partial charge in [0.2, 0.25) is 0 Å². The Morgan fingerprint density at radius 2 is 1.09 bits per heavy atom. The van der Waals surface area contributed by atoms with E-state index >= 15 is 0 Å². The van der Waals surface area contributed by atoms with Crippen molar-refractivity contribution in [3.63, 3.8) is 0 Å². The summed E-state index contributed by atoms with van der Waals surface area (Å²) in [5.74, 6) is 2.74. The Kier molecular flexibility index (Phi) is 10.5. The lowest BCUT2D eigenvalue weighted by atomic mass is 9.70. The molecule has 5 heteroatoms. The minimum Gasteiger partial charge on any atom is -0.394 e. The first kappa shape index (κ1) is 39.1. The molecule has 5 aromatic rings. The van der Waals surface area contributed by atoms with Crippen molar-refractivity contribution in [2.45, 2.75) is 107 Å². The summed E-state index contributed by atoms with van der Waals surface area (Å²) in [4.78, 5) is 12.0. The topological polar surface area (TPSA) is 55.8 Å². The molecule has 1 N–H and O–H groups in total. The lowest BCUT2D eigenvalue weighted by Gasteiger charge is -2.35. The van der Waals surface area contributed by atoms with Crippen molar-refractivity contribution in [3.05, 3.63) is 112 Å². The molecule has 2 aliphatic rings. The monoisotopic (exact) mass is 754 g/mol. The van der Waals surface area contributed by atoms with Gasteiger partial charge < -0.3 is 9.05 Å². The van der Waals surface area contributed by atoms with E-state index < -0.39 is 7.82 Å². The van der Waals surface area contributed by atoms with Crippen molar-refractivity contribution in [2.75, 3.05) is 0 Å². The Bertz CT molecular complexity index is 2390. The Balaban J connectivity index is 1.71. The molecule has 0 bridgehead atoms. The average Bonchev–Trinajstić information content (AvgIpc) is 3.26. The van der Waals surface area contributed by atoms with Crippen LogP contribution in [0.4, 0.5) is 0 Å². The van der Waals surface area contributed by atoms with Gasteiger partial charge in [-0.2, -0.15) is 0 Å². The summed E-state index contributed by atoms with van der Waals surface area (Å²) < 4.78 is 27.8. The van der Waals surface area contributed by atoms with Gasteiger partial charge in [0, 0.05) is 22.3 Å². The normalized spacial score (nSPS) is 18.7. The summed E-state index contributed by atoms with van der Waals surface area (Å²) in [5, 5.41) is 4.01. The molecule has 0 saturated carbocycles. The van der Waals surface area contributed by atoms with Crippen LogP contribution in [0.1, 0.15) is 130 Å². The number of phosphoric ester groups is 1. The van der Waals surface area contributed by atoms with E-state index in [2.05, 4.69) is 150 Å². The van der Waals surface area contributed by atoms with Crippen LogP contribution in [0.3, 0.4) is 0 Å². The fraction of sp³-hybridized carbons (Fsp3) is 0.400. The highest BCUT2D eigenvalue weighted by Crippen LogP contribution is 2.63. The first-order valence-electron chi connectivity index (χ1n) is 20.5. The zero-order valence-corrected chi connectivity index (χ0v) is 35.8. The molecule has 0 aromatic heterocycles. The first-order valence-corrected chi connectivity index (χ1v) is 21.9. The predicted octanol–water partition coefficient (Wildman–Crippen LogP) is 15.2. The van der Waals surface area contributed by atoms with E-state index in [9.17, 15) is 9.46 Å². The summed E-state index contributed by atoms with van der Waals surface area (Å²) in [5.41, 5.74) is 12.0. The number of hydrogen-bond donors (Lipinski definition) is 1. The fourth-order valence-electron chi connectivity index (χ4n) is 8.96. The second-order valence-corrected chi connectivity index (χ2v) is 19.1. The molecular formula is C50H59O4P. The van der Waals surface area contributed by atoms with Crippen molar-refractivity contribution >= 4 is 34.9 Å². The first-order chi connectivity index (χ1) is 26.0. The number of fused-ring (bicyclic) bond motifs is 7. The summed E-state index contributed by atoms with van der Waals surface area (Å²) in [6.45, 7) is 27.1. The molecule has 0 radical (unpaired) electrons. The van der Waals surface area contributed by atoms with Gasteiger partial charge in [0.05, 0.1) is 0 Å². The van der Waals surface area contributed by atoms with Gasteiger partial charge in [0.25, 0.3) is 0 Å². The maximum Gasteiger partial charge on any atom is 0.584 e. The maximum absolute atomic E-state index is 14.7. The van der Waals surface area contributed by atoms with E-state index in [0.29, 0.717) is 29.3 Å². The van der Waals surface area contributed by atoms with Crippen LogP contribution in [-0.4, -0.2) is 4.89 Å². The van der Waals surface area contributed by atoms with Gasteiger partial charge in [-0.1, -0.05) is 155 Å². The molecule has 0 spiro atoms. The molecular weight excluding hydrogens is 696 g/mol.